The van der Waals surface area contributed by atoms with Crippen LogP contribution in [-0.4, -0.2) is 23.2 Å². The van der Waals surface area contributed by atoms with Crippen molar-refractivity contribution in [2.45, 2.75) is 6.92 Å². The van der Waals surface area contributed by atoms with Gasteiger partial charge in [-0.05, 0) is 30.2 Å². The van der Waals surface area contributed by atoms with E-state index in [2.05, 4.69) is 38.0 Å². The van der Waals surface area contributed by atoms with Crippen molar-refractivity contribution in [2.75, 3.05) is 6.54 Å². The van der Waals surface area contributed by atoms with Gasteiger partial charge in [0.1, 0.15) is 0 Å². The van der Waals surface area contributed by atoms with E-state index in [1.165, 1.54) is 11.1 Å². The van der Waals surface area contributed by atoms with Crippen LogP contribution in [-0.2, 0) is 4.79 Å². The SMILES string of the molecule is C=C\C=C/C=C(C)/C(C=C)=N/N(CC(/C=C\C=C)=C/C=C)C(=O)C=C. The molecule has 25 heavy (non-hydrogen) atoms. The zero-order valence-electron chi connectivity index (χ0n) is 14.9. The van der Waals surface area contributed by atoms with Crippen molar-refractivity contribution in [3.63, 3.8) is 0 Å². The van der Waals surface area contributed by atoms with Gasteiger partial charge in [0.15, 0.2) is 0 Å². The lowest BCUT2D eigenvalue weighted by atomic mass is 10.1. The molecule has 0 N–H and O–H groups in total. The van der Waals surface area contributed by atoms with Gasteiger partial charge in [-0.2, -0.15) is 5.10 Å². The fraction of sp³-hybridized carbons (Fsp3) is 0.0909. The van der Waals surface area contributed by atoms with Crippen LogP contribution >= 0.6 is 0 Å². The van der Waals surface area contributed by atoms with Crippen molar-refractivity contribution in [3.8, 4) is 0 Å². The van der Waals surface area contributed by atoms with Gasteiger partial charge in [0.25, 0.3) is 5.91 Å². The summed E-state index contributed by atoms with van der Waals surface area (Å²) in [6.45, 7) is 20.4. The Kier molecular flexibility index (Phi) is 11.6. The summed E-state index contributed by atoms with van der Waals surface area (Å²) in [4.78, 5) is 12.2. The van der Waals surface area contributed by atoms with Crippen LogP contribution in [0.5, 0.6) is 0 Å². The van der Waals surface area contributed by atoms with Crippen molar-refractivity contribution >= 4 is 11.6 Å². The molecule has 0 unspecified atom stereocenters. The Balaban J connectivity index is 5.77. The molecule has 0 spiro atoms. The minimum absolute atomic E-state index is 0.272. The van der Waals surface area contributed by atoms with E-state index in [0.29, 0.717) is 5.71 Å². The second kappa shape index (κ2) is 13.3. The normalized spacial score (nSPS) is 12.9. The van der Waals surface area contributed by atoms with E-state index in [0.717, 1.165) is 11.1 Å². The molecule has 0 aliphatic rings. The first-order valence-electron chi connectivity index (χ1n) is 7.76. The van der Waals surface area contributed by atoms with E-state index >= 15 is 0 Å². The number of amides is 1. The molecular weight excluding hydrogens is 308 g/mol. The number of nitrogens with zero attached hydrogens (tertiary/aromatic N) is 2. The minimum atomic E-state index is -0.309. The summed E-state index contributed by atoms with van der Waals surface area (Å²) in [5.74, 6) is -0.309. The van der Waals surface area contributed by atoms with E-state index in [-0.39, 0.29) is 12.5 Å². The minimum Gasteiger partial charge on any atom is -0.268 e. The number of allylic oxidation sites excluding steroid dienone is 10. The van der Waals surface area contributed by atoms with Crippen LogP contribution in [0.4, 0.5) is 0 Å². The molecule has 0 heterocycles. The van der Waals surface area contributed by atoms with Gasteiger partial charge in [-0.15, -0.1) is 0 Å². The lowest BCUT2D eigenvalue weighted by Gasteiger charge is -2.17. The van der Waals surface area contributed by atoms with E-state index in [1.54, 1.807) is 30.4 Å². The summed E-state index contributed by atoms with van der Waals surface area (Å²) >= 11 is 0. The van der Waals surface area contributed by atoms with Gasteiger partial charge in [-0.25, -0.2) is 5.01 Å². The predicted octanol–water partition coefficient (Wildman–Crippen LogP) is 5.09. The van der Waals surface area contributed by atoms with Crippen LogP contribution in [0.25, 0.3) is 0 Å². The van der Waals surface area contributed by atoms with Crippen molar-refractivity contribution in [3.05, 3.63) is 111 Å². The van der Waals surface area contributed by atoms with Gasteiger partial charge < -0.3 is 0 Å². The Morgan fingerprint density at radius 1 is 0.920 bits per heavy atom. The summed E-state index contributed by atoms with van der Waals surface area (Å²) in [5, 5.41) is 5.76. The van der Waals surface area contributed by atoms with E-state index in [1.807, 2.05) is 37.3 Å². The van der Waals surface area contributed by atoms with Crippen LogP contribution in [0, 0.1) is 0 Å². The number of carbonyl (C=O) groups is 1. The highest BCUT2D eigenvalue weighted by Gasteiger charge is 2.11. The highest BCUT2D eigenvalue weighted by molar-refractivity contribution is 6.08. The summed E-state index contributed by atoms with van der Waals surface area (Å²) in [6.07, 6.45) is 18.8. The second-order valence-corrected chi connectivity index (χ2v) is 4.83. The fourth-order valence-corrected chi connectivity index (χ4v) is 1.72. The molecule has 0 radical (unpaired) electrons. The molecule has 0 fully saturated rings. The standard InChI is InChI=1S/C22H26N2O/c1-7-12-14-16-19(6)21(10-4)23-24(22(25)11-5)18-20(15-9-3)17-13-8-2/h7-17H,1-5,18H2,6H3/b14-12-,17-13-,19-16+,20-15+,23-21+. The first kappa shape index (κ1) is 21.8. The maximum absolute atomic E-state index is 12.2. The number of hydrazone groups is 1. The molecule has 0 aliphatic carbocycles. The van der Waals surface area contributed by atoms with Crippen LogP contribution in [0.3, 0.4) is 0 Å². The number of rotatable bonds is 11. The second-order valence-electron chi connectivity index (χ2n) is 4.83. The third-order valence-electron chi connectivity index (χ3n) is 2.96. The van der Waals surface area contributed by atoms with Crippen LogP contribution in [0.1, 0.15) is 6.92 Å². The largest absolute Gasteiger partial charge is 0.268 e. The molecule has 0 atom stereocenters. The smallest absolute Gasteiger partial charge is 0.266 e. The first-order chi connectivity index (χ1) is 12.0. The van der Waals surface area contributed by atoms with Gasteiger partial charge in [-0.1, -0.05) is 87.6 Å². The zero-order chi connectivity index (χ0) is 19.1. The van der Waals surface area contributed by atoms with Crippen LogP contribution in [0.2, 0.25) is 0 Å². The Hall–Kier alpha value is -3.20. The van der Waals surface area contributed by atoms with Crippen molar-refractivity contribution in [1.82, 2.24) is 5.01 Å². The molecular formula is C22H26N2O. The third-order valence-corrected chi connectivity index (χ3v) is 2.96. The average Bonchev–Trinajstić information content (AvgIpc) is 2.62. The molecule has 1 amide bonds. The highest BCUT2D eigenvalue weighted by atomic mass is 16.2. The van der Waals surface area contributed by atoms with Gasteiger partial charge >= 0.3 is 0 Å². The molecule has 130 valence electrons. The predicted molar refractivity (Wildman–Crippen MR) is 110 cm³/mol. The van der Waals surface area contributed by atoms with Crippen molar-refractivity contribution < 1.29 is 4.79 Å². The first-order valence-corrected chi connectivity index (χ1v) is 7.76. The molecule has 0 bridgehead atoms. The molecule has 0 saturated carbocycles. The van der Waals surface area contributed by atoms with Gasteiger partial charge in [0.2, 0.25) is 0 Å². The number of hydrogen-bond acceptors (Lipinski definition) is 2. The number of carbonyl (C=O) groups excluding carboxylic acids is 1. The van der Waals surface area contributed by atoms with Crippen LogP contribution in [0.15, 0.2) is 116 Å². The molecule has 3 heteroatoms. The van der Waals surface area contributed by atoms with E-state index in [4.69, 9.17) is 0 Å². The van der Waals surface area contributed by atoms with E-state index in [9.17, 15) is 4.79 Å². The molecule has 0 aromatic carbocycles. The quantitative estimate of drug-likeness (QED) is 0.224. The lowest BCUT2D eigenvalue weighted by Crippen LogP contribution is -2.27. The van der Waals surface area contributed by atoms with Crippen molar-refractivity contribution in [2.24, 2.45) is 5.10 Å². The molecule has 0 aliphatic heterocycles. The maximum atomic E-state index is 12.2. The Bertz CT molecular complexity index is 670. The highest BCUT2D eigenvalue weighted by Crippen LogP contribution is 2.08. The summed E-state index contributed by atoms with van der Waals surface area (Å²) in [5.41, 5.74) is 2.31. The monoisotopic (exact) mass is 334 g/mol. The van der Waals surface area contributed by atoms with Crippen LogP contribution < -0.4 is 0 Å². The summed E-state index contributed by atoms with van der Waals surface area (Å²) in [6, 6.07) is 0. The van der Waals surface area contributed by atoms with E-state index < -0.39 is 0 Å². The zero-order valence-corrected chi connectivity index (χ0v) is 14.9. The topological polar surface area (TPSA) is 32.7 Å². The maximum Gasteiger partial charge on any atom is 0.266 e. The summed E-state index contributed by atoms with van der Waals surface area (Å²) < 4.78 is 0. The Labute approximate surface area is 151 Å². The number of hydrogen-bond donors (Lipinski definition) is 0. The Morgan fingerprint density at radius 3 is 2.12 bits per heavy atom. The van der Waals surface area contributed by atoms with Crippen molar-refractivity contribution in [1.29, 1.82) is 0 Å². The summed E-state index contributed by atoms with van der Waals surface area (Å²) in [7, 11) is 0. The molecule has 0 rings (SSSR count). The Morgan fingerprint density at radius 2 is 1.60 bits per heavy atom. The average molecular weight is 334 g/mol. The van der Waals surface area contributed by atoms with Gasteiger partial charge in [0.05, 0.1) is 12.3 Å². The molecule has 3 nitrogen and oxygen atoms in total. The third kappa shape index (κ3) is 8.86. The molecule has 0 saturated heterocycles. The molecule has 0 aromatic rings. The lowest BCUT2D eigenvalue weighted by molar-refractivity contribution is -0.125. The van der Waals surface area contributed by atoms with Gasteiger partial charge in [0, 0.05) is 0 Å². The van der Waals surface area contributed by atoms with Gasteiger partial charge in [-0.3, -0.25) is 4.79 Å². The fourth-order valence-electron chi connectivity index (χ4n) is 1.72. The molecule has 0 aromatic heterocycles.